The van der Waals surface area contributed by atoms with Crippen LogP contribution >= 0.6 is 0 Å². The van der Waals surface area contributed by atoms with E-state index in [2.05, 4.69) is 20.4 Å². The number of hydrogen-bond donors (Lipinski definition) is 2. The molecule has 1 aliphatic carbocycles. The molecule has 2 N–H and O–H groups in total. The number of carbonyl (C=O) groups excluding carboxylic acids is 2. The van der Waals surface area contributed by atoms with Gasteiger partial charge in [-0.15, -0.1) is 0 Å². The lowest BCUT2D eigenvalue weighted by molar-refractivity contribution is -0.150. The Morgan fingerprint density at radius 2 is 2.12 bits per heavy atom. The summed E-state index contributed by atoms with van der Waals surface area (Å²) >= 11 is 0. The van der Waals surface area contributed by atoms with Crippen molar-refractivity contribution in [2.45, 2.75) is 56.8 Å². The highest BCUT2D eigenvalue weighted by Crippen LogP contribution is 2.36. The lowest BCUT2D eigenvalue weighted by atomic mass is 10.0. The molecule has 10 nitrogen and oxygen atoms in total. The number of pyridine rings is 1. The summed E-state index contributed by atoms with van der Waals surface area (Å²) in [7, 11) is 4.58. The zero-order valence-electron chi connectivity index (χ0n) is 20.0. The fourth-order valence-electron chi connectivity index (χ4n) is 4.11. The Hall–Kier alpha value is -2.43. The standard InChI is InChI=1S/C23H36N4O6/c1-15(17-10-16(21(31-3)26-11-17)6-5-9-24-23(29)32-4)27(19-7-8-19)22(28)20-12-25-18(13-30-2)14-33-20/h10-11,15,18-20,25H,5-9,12-14H2,1-4H3,(H,24,29)/t15-,18-,20+/m0/s1. The van der Waals surface area contributed by atoms with Crippen LogP contribution in [0.15, 0.2) is 12.3 Å². The molecule has 0 unspecified atom stereocenters. The summed E-state index contributed by atoms with van der Waals surface area (Å²) in [4.78, 5) is 31.1. The number of morpholine rings is 1. The van der Waals surface area contributed by atoms with Crippen molar-refractivity contribution in [2.24, 2.45) is 0 Å². The van der Waals surface area contributed by atoms with Crippen molar-refractivity contribution in [3.63, 3.8) is 0 Å². The Labute approximate surface area is 195 Å². The number of ether oxygens (including phenoxy) is 4. The lowest BCUT2D eigenvalue weighted by Gasteiger charge is -2.36. The van der Waals surface area contributed by atoms with Crippen molar-refractivity contribution in [1.82, 2.24) is 20.5 Å². The van der Waals surface area contributed by atoms with Gasteiger partial charge in [0.1, 0.15) is 6.10 Å². The molecule has 1 saturated carbocycles. The number of amides is 2. The predicted octanol–water partition coefficient (Wildman–Crippen LogP) is 1.43. The van der Waals surface area contributed by atoms with Crippen molar-refractivity contribution >= 4 is 12.0 Å². The molecule has 0 aromatic carbocycles. The molecule has 0 spiro atoms. The Balaban J connectivity index is 1.67. The van der Waals surface area contributed by atoms with E-state index < -0.39 is 12.2 Å². The molecule has 2 amide bonds. The highest BCUT2D eigenvalue weighted by Gasteiger charge is 2.40. The fraction of sp³-hybridized carbons (Fsp3) is 0.696. The van der Waals surface area contributed by atoms with Crippen LogP contribution in [0.5, 0.6) is 5.88 Å². The maximum Gasteiger partial charge on any atom is 0.406 e. The number of aromatic nitrogens is 1. The van der Waals surface area contributed by atoms with Crippen LogP contribution in [-0.4, -0.2) is 87.7 Å². The summed E-state index contributed by atoms with van der Waals surface area (Å²) in [6.45, 7) is 4.00. The fourth-order valence-corrected chi connectivity index (χ4v) is 4.11. The summed E-state index contributed by atoms with van der Waals surface area (Å²) in [5, 5.41) is 6.02. The molecule has 1 aromatic rings. The number of carbonyl (C=O) groups is 2. The first-order valence-electron chi connectivity index (χ1n) is 11.5. The molecule has 0 radical (unpaired) electrons. The molecular formula is C23H36N4O6. The molecule has 10 heteroatoms. The van der Waals surface area contributed by atoms with Gasteiger partial charge in [0.2, 0.25) is 5.88 Å². The van der Waals surface area contributed by atoms with Crippen LogP contribution in [0.3, 0.4) is 0 Å². The average molecular weight is 465 g/mol. The zero-order chi connectivity index (χ0) is 23.8. The number of nitrogens with one attached hydrogen (secondary N) is 2. The molecule has 33 heavy (non-hydrogen) atoms. The molecule has 184 valence electrons. The van der Waals surface area contributed by atoms with Crippen LogP contribution in [-0.2, 0) is 25.4 Å². The van der Waals surface area contributed by atoms with Crippen molar-refractivity contribution in [2.75, 3.05) is 47.6 Å². The summed E-state index contributed by atoms with van der Waals surface area (Å²) < 4.78 is 21.1. The van der Waals surface area contributed by atoms with E-state index in [9.17, 15) is 9.59 Å². The van der Waals surface area contributed by atoms with Gasteiger partial charge >= 0.3 is 6.09 Å². The highest BCUT2D eigenvalue weighted by molar-refractivity contribution is 5.82. The second-order valence-electron chi connectivity index (χ2n) is 8.49. The maximum absolute atomic E-state index is 13.4. The SMILES string of the molecule is COC[C@H]1CO[C@@H](C(=O)N(C2CC2)[C@@H](C)c2cnc(OC)c(CCCNC(=O)OC)c2)CN1. The van der Waals surface area contributed by atoms with E-state index in [1.165, 1.54) is 7.11 Å². The first-order chi connectivity index (χ1) is 16.0. The second-order valence-corrected chi connectivity index (χ2v) is 8.49. The quantitative estimate of drug-likeness (QED) is 0.473. The number of methoxy groups -OCH3 is 3. The largest absolute Gasteiger partial charge is 0.481 e. The third-order valence-electron chi connectivity index (χ3n) is 6.05. The van der Waals surface area contributed by atoms with Gasteiger partial charge in [-0.1, -0.05) is 0 Å². The van der Waals surface area contributed by atoms with Gasteiger partial charge in [-0.25, -0.2) is 9.78 Å². The summed E-state index contributed by atoms with van der Waals surface area (Å²) in [6, 6.07) is 2.23. The Morgan fingerprint density at radius 1 is 1.33 bits per heavy atom. The Kier molecular flexibility index (Phi) is 9.28. The van der Waals surface area contributed by atoms with Crippen LogP contribution in [0.4, 0.5) is 4.79 Å². The molecule has 0 bridgehead atoms. The van der Waals surface area contributed by atoms with Gasteiger partial charge in [0, 0.05) is 38.0 Å². The van der Waals surface area contributed by atoms with Crippen LogP contribution in [0, 0.1) is 0 Å². The number of rotatable bonds is 11. The van der Waals surface area contributed by atoms with Gasteiger partial charge < -0.3 is 34.5 Å². The number of hydrogen-bond acceptors (Lipinski definition) is 8. The predicted molar refractivity (Wildman–Crippen MR) is 121 cm³/mol. The van der Waals surface area contributed by atoms with Crippen LogP contribution < -0.4 is 15.4 Å². The third kappa shape index (κ3) is 6.78. The minimum Gasteiger partial charge on any atom is -0.481 e. The zero-order valence-corrected chi connectivity index (χ0v) is 20.0. The van der Waals surface area contributed by atoms with E-state index in [1.807, 2.05) is 17.9 Å². The van der Waals surface area contributed by atoms with Crippen LogP contribution in [0.2, 0.25) is 0 Å². The van der Waals surface area contributed by atoms with Crippen molar-refractivity contribution in [3.05, 3.63) is 23.4 Å². The van der Waals surface area contributed by atoms with Crippen molar-refractivity contribution in [1.29, 1.82) is 0 Å². The molecule has 1 saturated heterocycles. The Morgan fingerprint density at radius 3 is 2.73 bits per heavy atom. The number of aryl methyl sites for hydroxylation is 1. The van der Waals surface area contributed by atoms with Gasteiger partial charge in [0.15, 0.2) is 0 Å². The molecule has 3 rings (SSSR count). The average Bonchev–Trinajstić information content (AvgIpc) is 3.67. The minimum atomic E-state index is -0.503. The summed E-state index contributed by atoms with van der Waals surface area (Å²) in [5.74, 6) is 0.560. The van der Waals surface area contributed by atoms with Crippen molar-refractivity contribution in [3.8, 4) is 5.88 Å². The first-order valence-corrected chi connectivity index (χ1v) is 11.5. The first kappa shape index (κ1) is 25.2. The normalized spacial score (nSPS) is 21.2. The number of alkyl carbamates (subject to hydrolysis) is 1. The maximum atomic E-state index is 13.4. The van der Waals surface area contributed by atoms with Gasteiger partial charge in [-0.2, -0.15) is 0 Å². The van der Waals surface area contributed by atoms with Gasteiger partial charge in [-0.05, 0) is 44.2 Å². The van der Waals surface area contributed by atoms with E-state index in [0.29, 0.717) is 45.0 Å². The summed E-state index contributed by atoms with van der Waals surface area (Å²) in [5.41, 5.74) is 1.89. The topological polar surface area (TPSA) is 111 Å². The van der Waals surface area contributed by atoms with Crippen molar-refractivity contribution < 1.29 is 28.5 Å². The Bertz CT molecular complexity index is 795. The molecule has 1 aromatic heterocycles. The molecule has 3 atom stereocenters. The molecule has 2 aliphatic rings. The summed E-state index contributed by atoms with van der Waals surface area (Å²) in [6.07, 6.45) is 4.20. The van der Waals surface area contributed by atoms with E-state index in [-0.39, 0.29) is 24.0 Å². The molecule has 2 heterocycles. The molecular weight excluding hydrogens is 428 g/mol. The van der Waals surface area contributed by atoms with Gasteiger partial charge in [0.25, 0.3) is 5.91 Å². The lowest BCUT2D eigenvalue weighted by Crippen LogP contribution is -2.55. The van der Waals surface area contributed by atoms with Gasteiger partial charge in [-0.3, -0.25) is 4.79 Å². The van der Waals surface area contributed by atoms with E-state index in [4.69, 9.17) is 14.2 Å². The third-order valence-corrected chi connectivity index (χ3v) is 6.05. The van der Waals surface area contributed by atoms with E-state index >= 15 is 0 Å². The molecule has 1 aliphatic heterocycles. The van der Waals surface area contributed by atoms with E-state index in [1.54, 1.807) is 20.4 Å². The second kappa shape index (κ2) is 12.2. The minimum absolute atomic E-state index is 0.00742. The van der Waals surface area contributed by atoms with Crippen LogP contribution in [0.1, 0.15) is 43.4 Å². The van der Waals surface area contributed by atoms with E-state index in [0.717, 1.165) is 24.0 Å². The highest BCUT2D eigenvalue weighted by atomic mass is 16.5. The van der Waals surface area contributed by atoms with Crippen LogP contribution in [0.25, 0.3) is 0 Å². The van der Waals surface area contributed by atoms with Gasteiger partial charge in [0.05, 0.1) is 39.5 Å². The monoisotopic (exact) mass is 464 g/mol. The molecule has 2 fully saturated rings. The smallest absolute Gasteiger partial charge is 0.406 e. The number of nitrogens with zero attached hydrogens (tertiary/aromatic N) is 2.